The van der Waals surface area contributed by atoms with Crippen LogP contribution >= 0.6 is 0 Å². The molecule has 1 aromatic carbocycles. The number of ether oxygens (including phenoxy) is 4. The van der Waals surface area contributed by atoms with Crippen molar-refractivity contribution in [1.82, 2.24) is 4.90 Å². The van der Waals surface area contributed by atoms with Gasteiger partial charge in [-0.2, -0.15) is 0 Å². The Labute approximate surface area is 176 Å². The first-order chi connectivity index (χ1) is 14.5. The molecule has 30 heavy (non-hydrogen) atoms. The first kappa shape index (κ1) is 22.1. The molecule has 3 rings (SSSR count). The second kappa shape index (κ2) is 10.4. The number of phenolic OH excluding ortho intramolecular Hbond substituents is 1. The predicted molar refractivity (Wildman–Crippen MR) is 109 cm³/mol. The van der Waals surface area contributed by atoms with Crippen molar-refractivity contribution in [2.45, 2.75) is 32.8 Å². The van der Waals surface area contributed by atoms with Crippen LogP contribution in [0, 0.1) is 6.92 Å². The monoisotopic (exact) mass is 419 g/mol. The zero-order valence-electron chi connectivity index (χ0n) is 17.6. The van der Waals surface area contributed by atoms with Crippen molar-refractivity contribution in [3.8, 4) is 11.5 Å². The average Bonchev–Trinajstić information content (AvgIpc) is 3.14. The lowest BCUT2D eigenvalue weighted by atomic mass is 9.95. The number of fused-ring (bicyclic) bond motifs is 1. The minimum absolute atomic E-state index is 0.0953. The molecule has 2 aliphatic rings. The zero-order chi connectivity index (χ0) is 21.5. The van der Waals surface area contributed by atoms with E-state index in [1.54, 1.807) is 0 Å². The number of cyclic esters (lactones) is 1. The SMILES string of the molecule is COc1c(C)c2c(c(O)c1C/C=C/CCC(=O)OCCN1CCOCC1)C(=O)OC2. The van der Waals surface area contributed by atoms with E-state index in [1.807, 2.05) is 19.1 Å². The third-order valence-electron chi connectivity index (χ3n) is 5.43. The van der Waals surface area contributed by atoms with Gasteiger partial charge in [-0.3, -0.25) is 9.69 Å². The van der Waals surface area contributed by atoms with E-state index in [0.29, 0.717) is 36.3 Å². The summed E-state index contributed by atoms with van der Waals surface area (Å²) < 4.78 is 21.1. The fraction of sp³-hybridized carbons (Fsp3) is 0.545. The highest BCUT2D eigenvalue weighted by molar-refractivity contribution is 5.98. The van der Waals surface area contributed by atoms with Crippen LogP contribution in [0.3, 0.4) is 0 Å². The third-order valence-corrected chi connectivity index (χ3v) is 5.43. The number of phenols is 1. The number of methoxy groups -OCH3 is 1. The number of hydrogen-bond acceptors (Lipinski definition) is 8. The molecule has 0 unspecified atom stereocenters. The van der Waals surface area contributed by atoms with E-state index in [4.69, 9.17) is 18.9 Å². The number of morpholine rings is 1. The summed E-state index contributed by atoms with van der Waals surface area (Å²) in [5.74, 6) is -0.290. The van der Waals surface area contributed by atoms with Crippen molar-refractivity contribution >= 4 is 11.9 Å². The molecule has 164 valence electrons. The topological polar surface area (TPSA) is 94.5 Å². The van der Waals surface area contributed by atoms with Crippen molar-refractivity contribution in [3.63, 3.8) is 0 Å². The molecule has 0 atom stereocenters. The van der Waals surface area contributed by atoms with Gasteiger partial charge in [0.1, 0.15) is 30.3 Å². The molecular formula is C22H29NO7. The molecule has 1 saturated heterocycles. The normalized spacial score (nSPS) is 16.5. The van der Waals surface area contributed by atoms with E-state index in [2.05, 4.69) is 4.90 Å². The van der Waals surface area contributed by atoms with Crippen molar-refractivity contribution < 1.29 is 33.6 Å². The van der Waals surface area contributed by atoms with E-state index in [0.717, 1.165) is 38.4 Å². The minimum atomic E-state index is -0.515. The fourth-order valence-corrected chi connectivity index (χ4v) is 3.73. The summed E-state index contributed by atoms with van der Waals surface area (Å²) in [6.45, 7) is 6.30. The summed E-state index contributed by atoms with van der Waals surface area (Å²) in [7, 11) is 1.53. The van der Waals surface area contributed by atoms with E-state index >= 15 is 0 Å². The first-order valence-electron chi connectivity index (χ1n) is 10.2. The standard InChI is InChI=1S/C22H29NO7/c1-15-17-14-30-22(26)19(17)20(25)16(21(15)27-2)6-4-3-5-7-18(24)29-13-10-23-8-11-28-12-9-23/h3-4,25H,5-14H2,1-2H3/b4-3+. The van der Waals surface area contributed by atoms with Crippen LogP contribution in [0.4, 0.5) is 0 Å². The lowest BCUT2D eigenvalue weighted by Gasteiger charge is -2.26. The van der Waals surface area contributed by atoms with Crippen LogP contribution in [-0.2, 0) is 32.0 Å². The van der Waals surface area contributed by atoms with Crippen LogP contribution < -0.4 is 4.74 Å². The van der Waals surface area contributed by atoms with Crippen molar-refractivity contribution in [2.24, 2.45) is 0 Å². The molecule has 0 bridgehead atoms. The van der Waals surface area contributed by atoms with Crippen LogP contribution in [0.2, 0.25) is 0 Å². The Bertz CT molecular complexity index is 812. The smallest absolute Gasteiger partial charge is 0.342 e. The Morgan fingerprint density at radius 3 is 2.77 bits per heavy atom. The second-order valence-corrected chi connectivity index (χ2v) is 7.30. The molecule has 0 radical (unpaired) electrons. The predicted octanol–water partition coefficient (Wildman–Crippen LogP) is 2.13. The molecular weight excluding hydrogens is 390 g/mol. The molecule has 8 heteroatoms. The van der Waals surface area contributed by atoms with Gasteiger partial charge in [0.25, 0.3) is 0 Å². The van der Waals surface area contributed by atoms with Gasteiger partial charge in [0.15, 0.2) is 0 Å². The molecule has 1 N–H and O–H groups in total. The summed E-state index contributed by atoms with van der Waals surface area (Å²) in [4.78, 5) is 26.0. The average molecular weight is 419 g/mol. The summed E-state index contributed by atoms with van der Waals surface area (Å²) in [5.41, 5.74) is 2.22. The largest absolute Gasteiger partial charge is 0.507 e. The number of esters is 2. The molecule has 1 fully saturated rings. The number of hydrogen-bond donors (Lipinski definition) is 1. The first-order valence-corrected chi connectivity index (χ1v) is 10.2. The van der Waals surface area contributed by atoms with Gasteiger partial charge in [-0.25, -0.2) is 4.79 Å². The maximum atomic E-state index is 11.9. The number of carbonyl (C=O) groups excluding carboxylic acids is 2. The van der Waals surface area contributed by atoms with Gasteiger partial charge in [-0.05, 0) is 25.3 Å². The van der Waals surface area contributed by atoms with E-state index in [9.17, 15) is 14.7 Å². The fourth-order valence-electron chi connectivity index (χ4n) is 3.73. The van der Waals surface area contributed by atoms with Crippen LogP contribution in [0.5, 0.6) is 11.5 Å². The summed E-state index contributed by atoms with van der Waals surface area (Å²) in [6, 6.07) is 0. The zero-order valence-corrected chi connectivity index (χ0v) is 17.6. The molecule has 0 aromatic heterocycles. The lowest BCUT2D eigenvalue weighted by Crippen LogP contribution is -2.38. The van der Waals surface area contributed by atoms with Gasteiger partial charge in [0, 0.05) is 37.2 Å². The number of carbonyl (C=O) groups is 2. The summed E-state index contributed by atoms with van der Waals surface area (Å²) in [6.07, 6.45) is 4.92. The van der Waals surface area contributed by atoms with Crippen molar-refractivity contribution in [2.75, 3.05) is 46.6 Å². The molecule has 0 aliphatic carbocycles. The molecule has 0 spiro atoms. The van der Waals surface area contributed by atoms with Crippen LogP contribution in [0.15, 0.2) is 12.2 Å². The second-order valence-electron chi connectivity index (χ2n) is 7.30. The summed E-state index contributed by atoms with van der Waals surface area (Å²) >= 11 is 0. The molecule has 2 aliphatic heterocycles. The number of nitrogens with zero attached hydrogens (tertiary/aromatic N) is 1. The van der Waals surface area contributed by atoms with Crippen LogP contribution in [-0.4, -0.2) is 68.5 Å². The highest BCUT2D eigenvalue weighted by Crippen LogP contribution is 2.41. The van der Waals surface area contributed by atoms with Gasteiger partial charge in [-0.15, -0.1) is 0 Å². The van der Waals surface area contributed by atoms with Crippen molar-refractivity contribution in [1.29, 1.82) is 0 Å². The Balaban J connectivity index is 1.47. The molecule has 0 saturated carbocycles. The quantitative estimate of drug-likeness (QED) is 0.481. The van der Waals surface area contributed by atoms with Crippen LogP contribution in [0.25, 0.3) is 0 Å². The Hall–Kier alpha value is -2.58. The molecule has 8 nitrogen and oxygen atoms in total. The third kappa shape index (κ3) is 5.12. The van der Waals surface area contributed by atoms with Gasteiger partial charge in [0.2, 0.25) is 0 Å². The molecule has 0 amide bonds. The van der Waals surface area contributed by atoms with Gasteiger partial charge >= 0.3 is 11.9 Å². The summed E-state index contributed by atoms with van der Waals surface area (Å²) in [5, 5.41) is 10.6. The van der Waals surface area contributed by atoms with Crippen LogP contribution in [0.1, 0.15) is 39.9 Å². The maximum Gasteiger partial charge on any atom is 0.342 e. The highest BCUT2D eigenvalue weighted by Gasteiger charge is 2.31. The van der Waals surface area contributed by atoms with E-state index in [1.165, 1.54) is 7.11 Å². The number of aromatic hydroxyl groups is 1. The number of allylic oxidation sites excluding steroid dienone is 2. The maximum absolute atomic E-state index is 11.9. The van der Waals surface area contributed by atoms with Gasteiger partial charge in [0.05, 0.1) is 20.3 Å². The van der Waals surface area contributed by atoms with Crippen molar-refractivity contribution in [3.05, 3.63) is 34.4 Å². The molecule has 2 heterocycles. The van der Waals surface area contributed by atoms with E-state index in [-0.39, 0.29) is 30.3 Å². The number of benzene rings is 1. The lowest BCUT2D eigenvalue weighted by molar-refractivity contribution is -0.144. The molecule has 1 aromatic rings. The Morgan fingerprint density at radius 2 is 2.03 bits per heavy atom. The van der Waals surface area contributed by atoms with E-state index < -0.39 is 5.97 Å². The number of rotatable bonds is 9. The highest BCUT2D eigenvalue weighted by atomic mass is 16.5. The van der Waals surface area contributed by atoms with Gasteiger partial charge < -0.3 is 24.1 Å². The van der Waals surface area contributed by atoms with Gasteiger partial charge in [-0.1, -0.05) is 12.2 Å². The minimum Gasteiger partial charge on any atom is -0.507 e. The Kier molecular flexibility index (Phi) is 7.70. The Morgan fingerprint density at radius 1 is 1.27 bits per heavy atom.